The van der Waals surface area contributed by atoms with E-state index in [-0.39, 0.29) is 0 Å². The first-order valence-electron chi connectivity index (χ1n) is 4.77. The van der Waals surface area contributed by atoms with Crippen molar-refractivity contribution in [3.8, 4) is 5.75 Å². The Balaban J connectivity index is 2.88. The summed E-state index contributed by atoms with van der Waals surface area (Å²) in [6, 6.07) is 6.59. The molecule has 6 heteroatoms. The number of nitroso groups, excluding NO2 is 1. The van der Waals surface area contributed by atoms with E-state index in [1.54, 1.807) is 24.3 Å². The van der Waals surface area contributed by atoms with Gasteiger partial charge in [0.2, 0.25) is 5.70 Å². The molecule has 17 heavy (non-hydrogen) atoms. The van der Waals surface area contributed by atoms with Crippen molar-refractivity contribution in [1.29, 1.82) is 0 Å². The highest BCUT2D eigenvalue weighted by molar-refractivity contribution is 6.03. The number of aliphatic hydroxyl groups is 1. The molecule has 0 bridgehead atoms. The first-order chi connectivity index (χ1) is 8.08. The van der Waals surface area contributed by atoms with Gasteiger partial charge >= 0.3 is 0 Å². The molecule has 90 valence electrons. The molecule has 0 unspecified atom stereocenters. The molecule has 2 N–H and O–H groups in total. The van der Waals surface area contributed by atoms with E-state index in [0.29, 0.717) is 11.4 Å². The lowest BCUT2D eigenvalue weighted by Gasteiger charge is -2.06. The number of methoxy groups -OCH3 is 1. The fourth-order valence-electron chi connectivity index (χ4n) is 1.16. The highest BCUT2D eigenvalue weighted by Crippen LogP contribution is 2.17. The van der Waals surface area contributed by atoms with Gasteiger partial charge in [-0.25, -0.2) is 0 Å². The van der Waals surface area contributed by atoms with Crippen LogP contribution in [0.5, 0.6) is 5.75 Å². The van der Waals surface area contributed by atoms with Crippen molar-refractivity contribution in [2.75, 3.05) is 12.4 Å². The molecule has 0 fully saturated rings. The van der Waals surface area contributed by atoms with Crippen LogP contribution in [0.2, 0.25) is 0 Å². The molecule has 0 radical (unpaired) electrons. The Labute approximate surface area is 97.9 Å². The smallest absolute Gasteiger partial charge is 0.281 e. The first-order valence-corrected chi connectivity index (χ1v) is 4.77. The molecule has 0 atom stereocenters. The van der Waals surface area contributed by atoms with Gasteiger partial charge in [-0.2, -0.15) is 0 Å². The molecule has 0 spiro atoms. The van der Waals surface area contributed by atoms with Gasteiger partial charge in [-0.15, -0.1) is 4.91 Å². The van der Waals surface area contributed by atoms with Crippen LogP contribution in [0.25, 0.3) is 0 Å². The number of hydrogen-bond acceptors (Lipinski definition) is 5. The summed E-state index contributed by atoms with van der Waals surface area (Å²) in [5.74, 6) is -0.637. The second-order valence-electron chi connectivity index (χ2n) is 3.21. The summed E-state index contributed by atoms with van der Waals surface area (Å²) < 4.78 is 4.97. The summed E-state index contributed by atoms with van der Waals surface area (Å²) in [5.41, 5.74) is -0.107. The van der Waals surface area contributed by atoms with Crippen molar-refractivity contribution < 1.29 is 14.6 Å². The van der Waals surface area contributed by atoms with Gasteiger partial charge in [-0.05, 0) is 24.2 Å². The van der Waals surface area contributed by atoms with Gasteiger partial charge in [-0.3, -0.25) is 4.79 Å². The molecule has 6 nitrogen and oxygen atoms in total. The summed E-state index contributed by atoms with van der Waals surface area (Å²) in [5, 5.41) is 13.9. The molecule has 1 aromatic rings. The van der Waals surface area contributed by atoms with Gasteiger partial charge < -0.3 is 15.2 Å². The number of nitrogens with zero attached hydrogens (tertiary/aromatic N) is 1. The SMILES string of the molecule is COc1cccc(NC(=O)/C(N=O)=C(/C)O)c1. The summed E-state index contributed by atoms with van der Waals surface area (Å²) in [6.45, 7) is 1.21. The van der Waals surface area contributed by atoms with E-state index in [1.165, 1.54) is 14.0 Å². The van der Waals surface area contributed by atoms with Crippen LogP contribution in [0.4, 0.5) is 5.69 Å². The molecule has 0 saturated heterocycles. The van der Waals surface area contributed by atoms with Crippen molar-refractivity contribution in [3.05, 3.63) is 40.6 Å². The molecule has 1 amide bonds. The molecule has 1 aromatic carbocycles. The minimum atomic E-state index is -0.770. The van der Waals surface area contributed by atoms with E-state index < -0.39 is 17.4 Å². The van der Waals surface area contributed by atoms with Crippen LogP contribution in [0, 0.1) is 4.91 Å². The molecule has 1 rings (SSSR count). The van der Waals surface area contributed by atoms with E-state index in [1.807, 2.05) is 0 Å². The Morgan fingerprint density at radius 2 is 2.18 bits per heavy atom. The Morgan fingerprint density at radius 3 is 2.71 bits per heavy atom. The summed E-state index contributed by atoms with van der Waals surface area (Å²) in [4.78, 5) is 21.9. The van der Waals surface area contributed by atoms with Crippen LogP contribution in [0.1, 0.15) is 6.92 Å². The number of anilines is 1. The van der Waals surface area contributed by atoms with Gasteiger partial charge in [0.05, 0.1) is 7.11 Å². The van der Waals surface area contributed by atoms with E-state index >= 15 is 0 Å². The van der Waals surface area contributed by atoms with Crippen molar-refractivity contribution in [2.24, 2.45) is 5.18 Å². The van der Waals surface area contributed by atoms with Gasteiger partial charge in [0.25, 0.3) is 5.91 Å². The zero-order valence-electron chi connectivity index (χ0n) is 9.43. The maximum Gasteiger partial charge on any atom is 0.281 e. The number of amides is 1. The second kappa shape index (κ2) is 5.64. The second-order valence-corrected chi connectivity index (χ2v) is 3.21. The molecule has 0 aromatic heterocycles. The highest BCUT2D eigenvalue weighted by atomic mass is 16.5. The predicted molar refractivity (Wildman–Crippen MR) is 62.7 cm³/mol. The van der Waals surface area contributed by atoms with Crippen molar-refractivity contribution in [3.63, 3.8) is 0 Å². The third kappa shape index (κ3) is 3.30. The number of ether oxygens (including phenoxy) is 1. The van der Waals surface area contributed by atoms with Crippen LogP contribution in [-0.4, -0.2) is 18.1 Å². The Morgan fingerprint density at radius 1 is 1.47 bits per heavy atom. The molecule has 0 aliphatic heterocycles. The lowest BCUT2D eigenvalue weighted by atomic mass is 10.3. The van der Waals surface area contributed by atoms with Crippen LogP contribution in [-0.2, 0) is 4.79 Å². The molecule has 0 saturated carbocycles. The summed E-state index contributed by atoms with van der Waals surface area (Å²) in [7, 11) is 1.50. The van der Waals surface area contributed by atoms with Crippen molar-refractivity contribution >= 4 is 11.6 Å². The number of benzene rings is 1. The maximum atomic E-state index is 11.5. The quantitative estimate of drug-likeness (QED) is 0.476. The number of rotatable bonds is 4. The average molecular weight is 236 g/mol. The zero-order valence-corrected chi connectivity index (χ0v) is 9.43. The minimum Gasteiger partial charge on any atom is -0.510 e. The van der Waals surface area contributed by atoms with Crippen LogP contribution >= 0.6 is 0 Å². The minimum absolute atomic E-state index is 0.430. The number of carbonyl (C=O) groups is 1. The monoisotopic (exact) mass is 236 g/mol. The fraction of sp³-hybridized carbons (Fsp3) is 0.182. The van der Waals surface area contributed by atoms with Crippen molar-refractivity contribution in [1.82, 2.24) is 0 Å². The van der Waals surface area contributed by atoms with Gasteiger partial charge in [0.15, 0.2) is 0 Å². The summed E-state index contributed by atoms with van der Waals surface area (Å²) >= 11 is 0. The van der Waals surface area contributed by atoms with Crippen LogP contribution in [0.3, 0.4) is 0 Å². The number of carbonyl (C=O) groups excluding carboxylic acids is 1. The zero-order chi connectivity index (χ0) is 12.8. The maximum absolute atomic E-state index is 11.5. The third-order valence-electron chi connectivity index (χ3n) is 1.98. The van der Waals surface area contributed by atoms with E-state index in [4.69, 9.17) is 9.84 Å². The molecule has 0 aliphatic carbocycles. The standard InChI is InChI=1S/C11H12N2O4/c1-7(14)10(13-16)11(15)12-8-4-3-5-9(6-8)17-2/h3-6,14H,1-2H3,(H,12,15)/b10-7+. The van der Waals surface area contributed by atoms with Gasteiger partial charge in [0, 0.05) is 11.8 Å². The topological polar surface area (TPSA) is 88.0 Å². The van der Waals surface area contributed by atoms with Crippen LogP contribution < -0.4 is 10.1 Å². The Bertz CT molecular complexity index is 464. The van der Waals surface area contributed by atoms with Gasteiger partial charge in [0.1, 0.15) is 11.5 Å². The van der Waals surface area contributed by atoms with E-state index in [0.717, 1.165) is 0 Å². The third-order valence-corrected chi connectivity index (χ3v) is 1.98. The molecule has 0 heterocycles. The normalized spacial score (nSPS) is 11.4. The van der Waals surface area contributed by atoms with E-state index in [2.05, 4.69) is 10.5 Å². The number of nitrogens with one attached hydrogen (secondary N) is 1. The van der Waals surface area contributed by atoms with Crippen molar-refractivity contribution in [2.45, 2.75) is 6.92 Å². The van der Waals surface area contributed by atoms with E-state index in [9.17, 15) is 9.70 Å². The van der Waals surface area contributed by atoms with Crippen LogP contribution in [0.15, 0.2) is 40.9 Å². The fourth-order valence-corrected chi connectivity index (χ4v) is 1.16. The number of allylic oxidation sites excluding steroid dienone is 1. The average Bonchev–Trinajstić information content (AvgIpc) is 2.29. The molecular formula is C11H12N2O4. The lowest BCUT2D eigenvalue weighted by Crippen LogP contribution is -2.14. The largest absolute Gasteiger partial charge is 0.510 e. The first kappa shape index (κ1) is 12.7. The number of aliphatic hydroxyl groups excluding tert-OH is 1. The summed E-state index contributed by atoms with van der Waals surface area (Å²) in [6.07, 6.45) is 0. The molecular weight excluding hydrogens is 224 g/mol. The van der Waals surface area contributed by atoms with Gasteiger partial charge in [-0.1, -0.05) is 6.07 Å². The Hall–Kier alpha value is -2.37. The Kier molecular flexibility index (Phi) is 4.21. The lowest BCUT2D eigenvalue weighted by molar-refractivity contribution is -0.113. The predicted octanol–water partition coefficient (Wildman–Crippen LogP) is 2.19. The number of hydrogen-bond donors (Lipinski definition) is 2. The molecule has 0 aliphatic rings. The highest BCUT2D eigenvalue weighted by Gasteiger charge is 2.14.